The van der Waals surface area contributed by atoms with Gasteiger partial charge in [0.15, 0.2) is 0 Å². The van der Waals surface area contributed by atoms with Gasteiger partial charge in [0, 0.05) is 18.0 Å². The molecule has 0 fully saturated rings. The van der Waals surface area contributed by atoms with Crippen molar-refractivity contribution in [3.63, 3.8) is 0 Å². The monoisotopic (exact) mass is 224 g/mol. The minimum atomic E-state index is -0.300. The second-order valence-electron chi connectivity index (χ2n) is 4.92. The Balaban J connectivity index is 3.23. The summed E-state index contributed by atoms with van der Waals surface area (Å²) in [5.41, 5.74) is 2.34. The van der Waals surface area contributed by atoms with E-state index < -0.39 is 0 Å². The van der Waals surface area contributed by atoms with E-state index in [2.05, 4.69) is 25.9 Å². The maximum Gasteiger partial charge on any atom is 0.356 e. The second kappa shape index (κ2) is 4.28. The molecule has 0 bridgehead atoms. The minimum absolute atomic E-state index is 0.0629. The molecule has 16 heavy (non-hydrogen) atoms. The number of hydrogen-bond acceptors (Lipinski definition) is 3. The average Bonchev–Trinajstić information content (AvgIpc) is 2.41. The van der Waals surface area contributed by atoms with E-state index in [9.17, 15) is 4.79 Å². The first-order chi connectivity index (χ1) is 7.29. The number of esters is 1. The lowest BCUT2D eigenvalue weighted by Crippen LogP contribution is -2.14. The van der Waals surface area contributed by atoms with Gasteiger partial charge in [-0.15, -0.1) is 0 Å². The fraction of sp³-hybridized carbons (Fsp3) is 0.667. The van der Waals surface area contributed by atoms with E-state index in [1.54, 1.807) is 18.7 Å². The van der Waals surface area contributed by atoms with Gasteiger partial charge in [-0.05, 0) is 13.8 Å². The molecule has 4 nitrogen and oxygen atoms in total. The van der Waals surface area contributed by atoms with Crippen LogP contribution in [0, 0.1) is 6.92 Å². The molecule has 4 heteroatoms. The van der Waals surface area contributed by atoms with Crippen molar-refractivity contribution in [2.24, 2.45) is 7.05 Å². The molecule has 0 N–H and O–H groups in total. The molecule has 0 aliphatic heterocycles. The summed E-state index contributed by atoms with van der Waals surface area (Å²) in [6, 6.07) is 0. The van der Waals surface area contributed by atoms with Crippen molar-refractivity contribution < 1.29 is 9.53 Å². The van der Waals surface area contributed by atoms with Crippen LogP contribution in [0.4, 0.5) is 0 Å². The second-order valence-corrected chi connectivity index (χ2v) is 4.92. The van der Waals surface area contributed by atoms with Crippen LogP contribution in [0.2, 0.25) is 0 Å². The van der Waals surface area contributed by atoms with E-state index in [-0.39, 0.29) is 11.4 Å². The molecule has 0 unspecified atom stereocenters. The van der Waals surface area contributed by atoms with Crippen LogP contribution < -0.4 is 0 Å². The molecule has 0 amide bonds. The van der Waals surface area contributed by atoms with Gasteiger partial charge in [0.05, 0.1) is 12.3 Å². The Hall–Kier alpha value is -1.32. The fourth-order valence-electron chi connectivity index (χ4n) is 1.83. The lowest BCUT2D eigenvalue weighted by Gasteiger charge is -2.16. The van der Waals surface area contributed by atoms with Gasteiger partial charge in [-0.1, -0.05) is 20.8 Å². The first kappa shape index (κ1) is 12.7. The number of hydrogen-bond donors (Lipinski definition) is 0. The van der Waals surface area contributed by atoms with E-state index in [1.165, 1.54) is 0 Å². The molecule has 1 rings (SSSR count). The van der Waals surface area contributed by atoms with Gasteiger partial charge >= 0.3 is 5.97 Å². The lowest BCUT2D eigenvalue weighted by molar-refractivity contribution is 0.0513. The molecule has 1 heterocycles. The molecular weight excluding hydrogens is 204 g/mol. The molecule has 0 aliphatic carbocycles. The Morgan fingerprint density at radius 1 is 1.44 bits per heavy atom. The summed E-state index contributed by atoms with van der Waals surface area (Å²) < 4.78 is 6.62. The van der Waals surface area contributed by atoms with Crippen LogP contribution in [-0.2, 0) is 17.2 Å². The summed E-state index contributed by atoms with van der Waals surface area (Å²) in [5, 5.41) is 4.40. The lowest BCUT2D eigenvalue weighted by atomic mass is 9.89. The van der Waals surface area contributed by atoms with Gasteiger partial charge in [-0.25, -0.2) is 4.79 Å². The van der Waals surface area contributed by atoms with Crippen LogP contribution in [0.1, 0.15) is 49.4 Å². The minimum Gasteiger partial charge on any atom is -0.461 e. The molecule has 1 aromatic rings. The molecular formula is C12H20N2O2. The van der Waals surface area contributed by atoms with Crippen molar-refractivity contribution in [3.8, 4) is 0 Å². The molecule has 0 spiro atoms. The third-order valence-corrected chi connectivity index (χ3v) is 2.46. The number of aryl methyl sites for hydroxylation is 1. The summed E-state index contributed by atoms with van der Waals surface area (Å²) >= 11 is 0. The van der Waals surface area contributed by atoms with E-state index in [1.807, 2.05) is 6.92 Å². The van der Waals surface area contributed by atoms with Crippen LogP contribution in [0.25, 0.3) is 0 Å². The van der Waals surface area contributed by atoms with Crippen molar-refractivity contribution in [1.29, 1.82) is 0 Å². The molecule has 0 aliphatic rings. The van der Waals surface area contributed by atoms with E-state index >= 15 is 0 Å². The van der Waals surface area contributed by atoms with Gasteiger partial charge in [0.2, 0.25) is 0 Å². The Labute approximate surface area is 96.6 Å². The van der Waals surface area contributed by atoms with Crippen molar-refractivity contribution in [2.45, 2.75) is 40.0 Å². The zero-order valence-electron chi connectivity index (χ0n) is 10.9. The Bertz CT molecular complexity index is 400. The molecule has 0 saturated carbocycles. The quantitative estimate of drug-likeness (QED) is 0.723. The van der Waals surface area contributed by atoms with Crippen LogP contribution in [0.15, 0.2) is 0 Å². The predicted molar refractivity (Wildman–Crippen MR) is 62.6 cm³/mol. The SMILES string of the molecule is CCOC(=O)c1c(C)c(C(C)(C)C)nn1C. The topological polar surface area (TPSA) is 44.1 Å². The smallest absolute Gasteiger partial charge is 0.356 e. The summed E-state index contributed by atoms with van der Waals surface area (Å²) in [7, 11) is 1.77. The number of carbonyl (C=O) groups is 1. The normalized spacial score (nSPS) is 11.6. The Kier molecular flexibility index (Phi) is 3.41. The molecule has 0 aromatic carbocycles. The van der Waals surface area contributed by atoms with Crippen LogP contribution in [0.3, 0.4) is 0 Å². The third-order valence-electron chi connectivity index (χ3n) is 2.46. The average molecular weight is 224 g/mol. The maximum absolute atomic E-state index is 11.7. The van der Waals surface area contributed by atoms with Gasteiger partial charge < -0.3 is 4.74 Å². The summed E-state index contributed by atoms with van der Waals surface area (Å²) in [4.78, 5) is 11.7. The highest BCUT2D eigenvalue weighted by atomic mass is 16.5. The highest BCUT2D eigenvalue weighted by Crippen LogP contribution is 2.26. The van der Waals surface area contributed by atoms with Crippen molar-refractivity contribution in [3.05, 3.63) is 17.0 Å². The van der Waals surface area contributed by atoms with Crippen LogP contribution in [-0.4, -0.2) is 22.4 Å². The van der Waals surface area contributed by atoms with E-state index in [0.717, 1.165) is 11.3 Å². The molecule has 90 valence electrons. The number of aromatic nitrogens is 2. The first-order valence-electron chi connectivity index (χ1n) is 5.50. The summed E-state index contributed by atoms with van der Waals surface area (Å²) in [6.45, 7) is 10.3. The van der Waals surface area contributed by atoms with Crippen LogP contribution >= 0.6 is 0 Å². The molecule has 0 saturated heterocycles. The third kappa shape index (κ3) is 2.26. The highest BCUT2D eigenvalue weighted by molar-refractivity contribution is 5.89. The van der Waals surface area contributed by atoms with Crippen LogP contribution in [0.5, 0.6) is 0 Å². The molecule has 0 radical (unpaired) electrons. The number of rotatable bonds is 2. The predicted octanol–water partition coefficient (Wildman–Crippen LogP) is 2.20. The Morgan fingerprint density at radius 2 is 2.00 bits per heavy atom. The van der Waals surface area contributed by atoms with Crippen molar-refractivity contribution in [2.75, 3.05) is 6.61 Å². The summed E-state index contributed by atoms with van der Waals surface area (Å²) in [5.74, 6) is -0.300. The summed E-state index contributed by atoms with van der Waals surface area (Å²) in [6.07, 6.45) is 0. The maximum atomic E-state index is 11.7. The van der Waals surface area contributed by atoms with E-state index in [0.29, 0.717) is 12.3 Å². The molecule has 0 atom stereocenters. The first-order valence-corrected chi connectivity index (χ1v) is 5.50. The Morgan fingerprint density at radius 3 is 2.38 bits per heavy atom. The van der Waals surface area contributed by atoms with Gasteiger partial charge in [-0.3, -0.25) is 4.68 Å². The van der Waals surface area contributed by atoms with Gasteiger partial charge in [0.25, 0.3) is 0 Å². The van der Waals surface area contributed by atoms with Gasteiger partial charge in [-0.2, -0.15) is 5.10 Å². The largest absolute Gasteiger partial charge is 0.461 e. The zero-order chi connectivity index (χ0) is 12.5. The van der Waals surface area contributed by atoms with Crippen molar-refractivity contribution in [1.82, 2.24) is 9.78 Å². The van der Waals surface area contributed by atoms with Crippen molar-refractivity contribution >= 4 is 5.97 Å². The van der Waals surface area contributed by atoms with Gasteiger partial charge in [0.1, 0.15) is 5.69 Å². The van der Waals surface area contributed by atoms with E-state index in [4.69, 9.17) is 4.74 Å². The molecule has 1 aromatic heterocycles. The number of ether oxygens (including phenoxy) is 1. The highest BCUT2D eigenvalue weighted by Gasteiger charge is 2.26. The number of carbonyl (C=O) groups excluding carboxylic acids is 1. The number of nitrogens with zero attached hydrogens (tertiary/aromatic N) is 2. The fourth-order valence-corrected chi connectivity index (χ4v) is 1.83. The standard InChI is InChI=1S/C12H20N2O2/c1-7-16-11(15)9-8(2)10(12(3,4)5)13-14(9)6/h7H2,1-6H3. The zero-order valence-corrected chi connectivity index (χ0v) is 10.9.